The molecule has 0 spiro atoms. The molecule has 0 aromatic rings. The van der Waals surface area contributed by atoms with Gasteiger partial charge in [0.05, 0.1) is 0 Å². The molecule has 0 radical (unpaired) electrons. The van der Waals surface area contributed by atoms with Crippen molar-refractivity contribution < 1.29 is 9.90 Å². The zero-order valence-corrected chi connectivity index (χ0v) is 9.17. The Kier molecular flexibility index (Phi) is 8.64. The molecule has 0 fully saturated rings. The Labute approximate surface area is 86.7 Å². The molecule has 3 nitrogen and oxygen atoms in total. The first-order valence-electron chi connectivity index (χ1n) is 5.67. The van der Waals surface area contributed by atoms with E-state index in [0.29, 0.717) is 6.42 Å². The van der Waals surface area contributed by atoms with Crippen LogP contribution in [0.15, 0.2) is 0 Å². The molecule has 14 heavy (non-hydrogen) atoms. The summed E-state index contributed by atoms with van der Waals surface area (Å²) in [6.45, 7) is 2.20. The zero-order valence-electron chi connectivity index (χ0n) is 9.17. The Bertz CT molecular complexity index is 148. The van der Waals surface area contributed by atoms with E-state index in [9.17, 15) is 4.79 Å². The molecule has 84 valence electrons. The van der Waals surface area contributed by atoms with E-state index in [1.807, 2.05) is 0 Å². The van der Waals surface area contributed by atoms with Crippen LogP contribution in [0.2, 0.25) is 0 Å². The molecule has 0 saturated heterocycles. The van der Waals surface area contributed by atoms with Gasteiger partial charge in [-0.2, -0.15) is 0 Å². The molecule has 0 aliphatic rings. The maximum atomic E-state index is 10.4. The van der Waals surface area contributed by atoms with Crippen molar-refractivity contribution in [2.75, 3.05) is 0 Å². The van der Waals surface area contributed by atoms with E-state index in [4.69, 9.17) is 10.8 Å². The average Bonchev–Trinajstić information content (AvgIpc) is 2.16. The molecule has 0 amide bonds. The van der Waals surface area contributed by atoms with Gasteiger partial charge in [-0.05, 0) is 6.42 Å². The largest absolute Gasteiger partial charge is 0.480 e. The summed E-state index contributed by atoms with van der Waals surface area (Å²) in [6.07, 6.45) is 9.05. The average molecular weight is 201 g/mol. The fourth-order valence-corrected chi connectivity index (χ4v) is 1.44. The molecule has 1 atom stereocenters. The lowest BCUT2D eigenvalue weighted by Crippen LogP contribution is -2.29. The number of carboxylic acid groups (broad SMARTS) is 1. The minimum absolute atomic E-state index is 0.614. The van der Waals surface area contributed by atoms with Crippen LogP contribution < -0.4 is 5.73 Å². The summed E-state index contributed by atoms with van der Waals surface area (Å²) in [5.41, 5.74) is 5.38. The molecule has 0 heterocycles. The van der Waals surface area contributed by atoms with Gasteiger partial charge in [0.25, 0.3) is 0 Å². The number of nitrogens with two attached hydrogens (primary N) is 1. The minimum atomic E-state index is -0.879. The molecule has 0 aliphatic heterocycles. The van der Waals surface area contributed by atoms with E-state index in [1.54, 1.807) is 0 Å². The molecule has 0 unspecified atom stereocenters. The first kappa shape index (κ1) is 13.4. The lowest BCUT2D eigenvalue weighted by molar-refractivity contribution is -0.138. The molecule has 0 aromatic heterocycles. The zero-order chi connectivity index (χ0) is 10.8. The van der Waals surface area contributed by atoms with Crippen molar-refractivity contribution in [1.29, 1.82) is 0 Å². The van der Waals surface area contributed by atoms with Crippen LogP contribution in [-0.4, -0.2) is 17.1 Å². The van der Waals surface area contributed by atoms with Crippen LogP contribution in [0, 0.1) is 0 Å². The predicted octanol–water partition coefficient (Wildman–Crippen LogP) is 2.54. The fourth-order valence-electron chi connectivity index (χ4n) is 1.44. The van der Waals surface area contributed by atoms with Gasteiger partial charge in [-0.15, -0.1) is 0 Å². The Morgan fingerprint density at radius 3 is 2.14 bits per heavy atom. The van der Waals surface area contributed by atoms with E-state index < -0.39 is 12.0 Å². The summed E-state index contributed by atoms with van der Waals surface area (Å²) in [5, 5.41) is 8.53. The summed E-state index contributed by atoms with van der Waals surface area (Å²) >= 11 is 0. The van der Waals surface area contributed by atoms with Crippen molar-refractivity contribution in [1.82, 2.24) is 0 Å². The van der Waals surface area contributed by atoms with E-state index >= 15 is 0 Å². The summed E-state index contributed by atoms with van der Waals surface area (Å²) in [5.74, 6) is -0.879. The number of hydrogen-bond donors (Lipinski definition) is 2. The van der Waals surface area contributed by atoms with Crippen LogP contribution in [0.4, 0.5) is 0 Å². The highest BCUT2D eigenvalue weighted by molar-refractivity contribution is 5.72. The third-order valence-corrected chi connectivity index (χ3v) is 2.44. The summed E-state index contributed by atoms with van der Waals surface area (Å²) in [4.78, 5) is 10.4. The van der Waals surface area contributed by atoms with Crippen molar-refractivity contribution in [3.8, 4) is 0 Å². The maximum Gasteiger partial charge on any atom is 0.320 e. The molecule has 0 rings (SSSR count). The van der Waals surface area contributed by atoms with Crippen LogP contribution in [-0.2, 0) is 4.79 Å². The number of carbonyl (C=O) groups is 1. The van der Waals surface area contributed by atoms with Crippen molar-refractivity contribution in [3.63, 3.8) is 0 Å². The normalized spacial score (nSPS) is 12.7. The standard InChI is InChI=1S/C11H23NO2/c1-2-3-4-5-6-7-8-9-10(12)11(13)14/h10H,2-9,12H2,1H3,(H,13,14)/t10-/m1/s1. The molecular formula is C11H23NO2. The van der Waals surface area contributed by atoms with Gasteiger partial charge < -0.3 is 10.8 Å². The molecule has 0 saturated carbocycles. The van der Waals surface area contributed by atoms with Crippen LogP contribution in [0.25, 0.3) is 0 Å². The Morgan fingerprint density at radius 2 is 1.64 bits per heavy atom. The van der Waals surface area contributed by atoms with Crippen molar-refractivity contribution >= 4 is 5.97 Å². The number of hydrogen-bond acceptors (Lipinski definition) is 2. The van der Waals surface area contributed by atoms with Crippen LogP contribution >= 0.6 is 0 Å². The SMILES string of the molecule is CCCCCCCCC[C@@H](N)C(=O)O. The number of unbranched alkanes of at least 4 members (excludes halogenated alkanes) is 6. The first-order valence-corrected chi connectivity index (χ1v) is 5.67. The Morgan fingerprint density at radius 1 is 1.14 bits per heavy atom. The van der Waals surface area contributed by atoms with E-state index in [-0.39, 0.29) is 0 Å². The van der Waals surface area contributed by atoms with Crippen molar-refractivity contribution in [2.45, 2.75) is 64.3 Å². The summed E-state index contributed by atoms with van der Waals surface area (Å²) < 4.78 is 0. The summed E-state index contributed by atoms with van der Waals surface area (Å²) in [6, 6.07) is -0.661. The number of aliphatic carboxylic acids is 1. The smallest absolute Gasteiger partial charge is 0.320 e. The van der Waals surface area contributed by atoms with Gasteiger partial charge >= 0.3 is 5.97 Å². The van der Waals surface area contributed by atoms with Gasteiger partial charge in [0.2, 0.25) is 0 Å². The molecular weight excluding hydrogens is 178 g/mol. The third kappa shape index (κ3) is 8.05. The molecule has 3 N–H and O–H groups in total. The Balaban J connectivity index is 3.09. The van der Waals surface area contributed by atoms with Gasteiger partial charge in [-0.3, -0.25) is 4.79 Å². The topological polar surface area (TPSA) is 63.3 Å². The van der Waals surface area contributed by atoms with Gasteiger partial charge in [-0.1, -0.05) is 51.9 Å². The number of rotatable bonds is 9. The summed E-state index contributed by atoms with van der Waals surface area (Å²) in [7, 11) is 0. The van der Waals surface area contributed by atoms with E-state index in [2.05, 4.69) is 6.92 Å². The second kappa shape index (κ2) is 9.00. The second-order valence-electron chi connectivity index (χ2n) is 3.85. The van der Waals surface area contributed by atoms with Crippen LogP contribution in [0.1, 0.15) is 58.3 Å². The molecule has 3 heteroatoms. The molecule has 0 bridgehead atoms. The maximum absolute atomic E-state index is 10.4. The van der Waals surface area contributed by atoms with Gasteiger partial charge in [0.15, 0.2) is 0 Å². The second-order valence-corrected chi connectivity index (χ2v) is 3.85. The lowest BCUT2D eigenvalue weighted by Gasteiger charge is -2.05. The monoisotopic (exact) mass is 201 g/mol. The molecule has 0 aromatic carbocycles. The predicted molar refractivity (Wildman–Crippen MR) is 58.2 cm³/mol. The highest BCUT2D eigenvalue weighted by atomic mass is 16.4. The van der Waals surface area contributed by atoms with Crippen LogP contribution in [0.3, 0.4) is 0 Å². The molecule has 0 aliphatic carbocycles. The fraction of sp³-hybridized carbons (Fsp3) is 0.909. The highest BCUT2D eigenvalue weighted by Gasteiger charge is 2.09. The van der Waals surface area contributed by atoms with Crippen molar-refractivity contribution in [3.05, 3.63) is 0 Å². The van der Waals surface area contributed by atoms with Crippen molar-refractivity contribution in [2.24, 2.45) is 5.73 Å². The van der Waals surface area contributed by atoms with Gasteiger partial charge in [-0.25, -0.2) is 0 Å². The van der Waals surface area contributed by atoms with E-state index in [0.717, 1.165) is 12.8 Å². The highest BCUT2D eigenvalue weighted by Crippen LogP contribution is 2.09. The van der Waals surface area contributed by atoms with Gasteiger partial charge in [0.1, 0.15) is 6.04 Å². The van der Waals surface area contributed by atoms with Crippen LogP contribution in [0.5, 0.6) is 0 Å². The lowest BCUT2D eigenvalue weighted by atomic mass is 10.1. The minimum Gasteiger partial charge on any atom is -0.480 e. The first-order chi connectivity index (χ1) is 6.68. The Hall–Kier alpha value is -0.570. The van der Waals surface area contributed by atoms with Gasteiger partial charge in [0, 0.05) is 0 Å². The number of carboxylic acids is 1. The quantitative estimate of drug-likeness (QED) is 0.563. The third-order valence-electron chi connectivity index (χ3n) is 2.44. The van der Waals surface area contributed by atoms with E-state index in [1.165, 1.54) is 32.1 Å².